The van der Waals surface area contributed by atoms with Crippen LogP contribution in [0.5, 0.6) is 0 Å². The van der Waals surface area contributed by atoms with Gasteiger partial charge < -0.3 is 5.32 Å². The third-order valence-electron chi connectivity index (χ3n) is 4.75. The Balaban J connectivity index is 1.69. The van der Waals surface area contributed by atoms with Crippen LogP contribution in [-0.4, -0.2) is 31.7 Å². The molecule has 3 rings (SSSR count). The Kier molecular flexibility index (Phi) is 6.35. The van der Waals surface area contributed by atoms with Crippen molar-refractivity contribution in [2.24, 2.45) is 5.92 Å². The standard InChI is InChI=1S/C19H18BrF3N2O3S/c20-14-5-7-15(8-6-14)24-18(26)13-9-11-25(12-10-13)29(27,28)17-4-2-1-3-16(17)19(21,22)23/h1-8,13H,9-12H2,(H,24,26). The lowest BCUT2D eigenvalue weighted by molar-refractivity contribution is -0.139. The molecule has 0 bridgehead atoms. The molecule has 1 amide bonds. The molecule has 0 radical (unpaired) electrons. The maximum atomic E-state index is 13.2. The Bertz CT molecular complexity index is 987. The second-order valence-corrected chi connectivity index (χ2v) is 9.49. The quantitative estimate of drug-likeness (QED) is 0.685. The maximum absolute atomic E-state index is 13.2. The van der Waals surface area contributed by atoms with E-state index in [1.54, 1.807) is 24.3 Å². The molecule has 1 heterocycles. The first-order valence-electron chi connectivity index (χ1n) is 8.82. The molecule has 156 valence electrons. The van der Waals surface area contributed by atoms with Crippen molar-refractivity contribution in [2.45, 2.75) is 23.9 Å². The SMILES string of the molecule is O=C(Nc1ccc(Br)cc1)C1CCN(S(=O)(=O)c2ccccc2C(F)(F)F)CC1. The zero-order valence-electron chi connectivity index (χ0n) is 15.1. The molecule has 29 heavy (non-hydrogen) atoms. The number of benzene rings is 2. The van der Waals surface area contributed by atoms with Crippen LogP contribution >= 0.6 is 15.9 Å². The van der Waals surface area contributed by atoms with Crippen molar-refractivity contribution < 1.29 is 26.4 Å². The predicted molar refractivity (Wildman–Crippen MR) is 106 cm³/mol. The van der Waals surface area contributed by atoms with Crippen LogP contribution in [0.25, 0.3) is 0 Å². The van der Waals surface area contributed by atoms with Crippen molar-refractivity contribution in [1.82, 2.24) is 4.31 Å². The van der Waals surface area contributed by atoms with Crippen LogP contribution in [0.15, 0.2) is 57.9 Å². The summed E-state index contributed by atoms with van der Waals surface area (Å²) in [6, 6.07) is 11.2. The van der Waals surface area contributed by atoms with Crippen molar-refractivity contribution in [3.8, 4) is 0 Å². The number of sulfonamides is 1. The van der Waals surface area contributed by atoms with E-state index in [1.807, 2.05) is 0 Å². The molecular weight excluding hydrogens is 473 g/mol. The van der Waals surface area contributed by atoms with Gasteiger partial charge in [-0.25, -0.2) is 8.42 Å². The monoisotopic (exact) mass is 490 g/mol. The van der Waals surface area contributed by atoms with Gasteiger partial charge in [0.15, 0.2) is 0 Å². The predicted octanol–water partition coefficient (Wildman–Crippen LogP) is 4.51. The smallest absolute Gasteiger partial charge is 0.326 e. The molecular formula is C19H18BrF3N2O3S. The molecule has 0 aliphatic carbocycles. The van der Waals surface area contributed by atoms with Crippen LogP contribution in [0.3, 0.4) is 0 Å². The average Bonchev–Trinajstić information content (AvgIpc) is 2.69. The van der Waals surface area contributed by atoms with Crippen LogP contribution < -0.4 is 5.32 Å². The molecule has 1 aliphatic heterocycles. The summed E-state index contributed by atoms with van der Waals surface area (Å²) in [5.41, 5.74) is -0.567. The van der Waals surface area contributed by atoms with Crippen LogP contribution in [0.1, 0.15) is 18.4 Å². The van der Waals surface area contributed by atoms with Crippen LogP contribution in [0, 0.1) is 5.92 Å². The van der Waals surface area contributed by atoms with Crippen LogP contribution in [-0.2, 0) is 21.0 Å². The number of nitrogens with zero attached hydrogens (tertiary/aromatic N) is 1. The first kappa shape index (κ1) is 21.8. The summed E-state index contributed by atoms with van der Waals surface area (Å²) < 4.78 is 67.1. The number of alkyl halides is 3. The summed E-state index contributed by atoms with van der Waals surface area (Å²) in [7, 11) is -4.31. The molecule has 2 aromatic rings. The fourth-order valence-corrected chi connectivity index (χ4v) is 5.15. The molecule has 2 aromatic carbocycles. The van der Waals surface area contributed by atoms with Crippen LogP contribution in [0.2, 0.25) is 0 Å². The Morgan fingerprint density at radius 1 is 1.03 bits per heavy atom. The number of carbonyl (C=O) groups is 1. The molecule has 1 N–H and O–H groups in total. The second kappa shape index (κ2) is 8.45. The summed E-state index contributed by atoms with van der Waals surface area (Å²) in [6.45, 7) is -0.0418. The number of piperidine rings is 1. The number of carbonyl (C=O) groups excluding carboxylic acids is 1. The Morgan fingerprint density at radius 3 is 2.21 bits per heavy atom. The first-order valence-corrected chi connectivity index (χ1v) is 11.0. The second-order valence-electron chi connectivity index (χ2n) is 6.67. The minimum Gasteiger partial charge on any atom is -0.326 e. The van der Waals surface area contributed by atoms with E-state index in [2.05, 4.69) is 21.2 Å². The molecule has 1 saturated heterocycles. The van der Waals surface area contributed by atoms with Crippen molar-refractivity contribution in [3.05, 3.63) is 58.6 Å². The van der Waals surface area contributed by atoms with Crippen molar-refractivity contribution >= 4 is 37.5 Å². The van der Waals surface area contributed by atoms with Crippen molar-refractivity contribution in [2.75, 3.05) is 18.4 Å². The molecule has 10 heteroatoms. The van der Waals surface area contributed by atoms with Gasteiger partial charge in [-0.3, -0.25) is 4.79 Å². The van der Waals surface area contributed by atoms with Gasteiger partial charge in [0.2, 0.25) is 15.9 Å². The van der Waals surface area contributed by atoms with Gasteiger partial charge in [0.25, 0.3) is 0 Å². The number of nitrogens with one attached hydrogen (secondary N) is 1. The summed E-state index contributed by atoms with van der Waals surface area (Å²) in [5, 5.41) is 2.78. The molecule has 0 unspecified atom stereocenters. The Morgan fingerprint density at radius 2 is 1.62 bits per heavy atom. The molecule has 1 aliphatic rings. The van der Waals surface area contributed by atoms with Crippen molar-refractivity contribution in [1.29, 1.82) is 0 Å². The van der Waals surface area contributed by atoms with E-state index in [1.165, 1.54) is 6.07 Å². The summed E-state index contributed by atoms with van der Waals surface area (Å²) in [4.78, 5) is 11.7. The average molecular weight is 491 g/mol. The van der Waals surface area contributed by atoms with Gasteiger partial charge in [-0.1, -0.05) is 28.1 Å². The van der Waals surface area contributed by atoms with Crippen LogP contribution in [0.4, 0.5) is 18.9 Å². The van der Waals surface area contributed by atoms with E-state index in [-0.39, 0.29) is 31.8 Å². The van der Waals surface area contributed by atoms with E-state index in [4.69, 9.17) is 0 Å². The highest BCUT2D eigenvalue weighted by atomic mass is 79.9. The van der Waals surface area contributed by atoms with Gasteiger partial charge in [-0.05, 0) is 49.2 Å². The molecule has 0 aromatic heterocycles. The van der Waals surface area contributed by atoms with Gasteiger partial charge in [0.1, 0.15) is 0 Å². The fraction of sp³-hybridized carbons (Fsp3) is 0.316. The molecule has 0 atom stereocenters. The third kappa shape index (κ3) is 4.99. The highest BCUT2D eigenvalue weighted by Gasteiger charge is 2.40. The lowest BCUT2D eigenvalue weighted by Crippen LogP contribution is -2.41. The number of rotatable bonds is 4. The highest BCUT2D eigenvalue weighted by molar-refractivity contribution is 9.10. The zero-order chi connectivity index (χ0) is 21.2. The normalized spacial score (nSPS) is 16.6. The topological polar surface area (TPSA) is 66.5 Å². The number of halogens is 4. The summed E-state index contributed by atoms with van der Waals surface area (Å²) >= 11 is 3.30. The number of hydrogen-bond acceptors (Lipinski definition) is 3. The fourth-order valence-electron chi connectivity index (χ4n) is 3.20. The molecule has 1 fully saturated rings. The van der Waals surface area contributed by atoms with E-state index < -0.39 is 32.6 Å². The van der Waals surface area contributed by atoms with Gasteiger partial charge >= 0.3 is 6.18 Å². The molecule has 0 spiro atoms. The van der Waals surface area contributed by atoms with E-state index in [9.17, 15) is 26.4 Å². The first-order chi connectivity index (χ1) is 13.6. The Hall–Kier alpha value is -1.91. The van der Waals surface area contributed by atoms with E-state index in [0.29, 0.717) is 5.69 Å². The van der Waals surface area contributed by atoms with Gasteiger partial charge in [0, 0.05) is 29.2 Å². The number of anilines is 1. The molecule has 5 nitrogen and oxygen atoms in total. The Labute approximate surface area is 175 Å². The minimum absolute atomic E-state index is 0.0209. The van der Waals surface area contributed by atoms with Gasteiger partial charge in [0.05, 0.1) is 10.5 Å². The maximum Gasteiger partial charge on any atom is 0.417 e. The number of hydrogen-bond donors (Lipinski definition) is 1. The number of amides is 1. The zero-order valence-corrected chi connectivity index (χ0v) is 17.5. The molecule has 0 saturated carbocycles. The lowest BCUT2D eigenvalue weighted by atomic mass is 9.97. The van der Waals surface area contributed by atoms with E-state index >= 15 is 0 Å². The minimum atomic E-state index is -4.77. The third-order valence-corrected chi connectivity index (χ3v) is 7.23. The lowest BCUT2D eigenvalue weighted by Gasteiger charge is -2.31. The van der Waals surface area contributed by atoms with Gasteiger partial charge in [-0.15, -0.1) is 0 Å². The largest absolute Gasteiger partial charge is 0.417 e. The highest BCUT2D eigenvalue weighted by Crippen LogP contribution is 2.36. The summed E-state index contributed by atoms with van der Waals surface area (Å²) in [5.74, 6) is -0.650. The van der Waals surface area contributed by atoms with E-state index in [0.717, 1.165) is 27.0 Å². The van der Waals surface area contributed by atoms with Gasteiger partial charge in [-0.2, -0.15) is 17.5 Å². The summed E-state index contributed by atoms with van der Waals surface area (Å²) in [6.07, 6.45) is -4.31. The van der Waals surface area contributed by atoms with Crippen molar-refractivity contribution in [3.63, 3.8) is 0 Å².